The molecular formula is C56H38N2. The van der Waals surface area contributed by atoms with Gasteiger partial charge in [0.2, 0.25) is 0 Å². The van der Waals surface area contributed by atoms with Crippen molar-refractivity contribution in [1.82, 2.24) is 4.57 Å². The van der Waals surface area contributed by atoms with Crippen molar-refractivity contribution in [3.8, 4) is 39.1 Å². The lowest BCUT2D eigenvalue weighted by Crippen LogP contribution is -2.11. The van der Waals surface area contributed by atoms with Crippen LogP contribution in [0.2, 0.25) is 0 Å². The van der Waals surface area contributed by atoms with E-state index in [1.807, 2.05) is 0 Å². The van der Waals surface area contributed by atoms with Gasteiger partial charge in [-0.1, -0.05) is 188 Å². The van der Waals surface area contributed by atoms with Crippen LogP contribution in [0.15, 0.2) is 231 Å². The number of hydrogen-bond acceptors (Lipinski definition) is 1. The fourth-order valence-electron chi connectivity index (χ4n) is 8.90. The molecule has 0 bridgehead atoms. The van der Waals surface area contributed by atoms with Gasteiger partial charge in [-0.05, 0) is 81.1 Å². The zero-order chi connectivity index (χ0) is 38.4. The number of fused-ring (bicyclic) bond motifs is 5. The standard InChI is InChI=1S/C56H38N2/c1-2-15-41(16-3-1)45-37-38-56(49-22-7-6-21-48(45)49)57(52-28-14-18-42-17-4-5-19-46(42)52)44-35-33-40(34-36-44)39-29-31-43(32-30-39)47-20-8-11-25-53(47)58-54-26-12-9-23-50(54)51-24-10-13-27-55(51)58/h1-38H. The predicted octanol–water partition coefficient (Wildman–Crippen LogP) is 15.6. The second-order valence-corrected chi connectivity index (χ2v) is 14.9. The molecule has 58 heavy (non-hydrogen) atoms. The summed E-state index contributed by atoms with van der Waals surface area (Å²) >= 11 is 0. The number of rotatable bonds is 7. The van der Waals surface area contributed by atoms with Crippen molar-refractivity contribution in [2.45, 2.75) is 0 Å². The van der Waals surface area contributed by atoms with Gasteiger partial charge in [0.25, 0.3) is 0 Å². The average Bonchev–Trinajstić information content (AvgIpc) is 3.64. The Labute approximate surface area is 338 Å². The smallest absolute Gasteiger partial charge is 0.0541 e. The zero-order valence-electron chi connectivity index (χ0n) is 31.8. The fourth-order valence-corrected chi connectivity index (χ4v) is 8.90. The monoisotopic (exact) mass is 738 g/mol. The van der Waals surface area contributed by atoms with Crippen LogP contribution in [-0.2, 0) is 0 Å². The van der Waals surface area contributed by atoms with Gasteiger partial charge in [-0.3, -0.25) is 0 Å². The lowest BCUT2D eigenvalue weighted by atomic mass is 9.96. The molecular weight excluding hydrogens is 701 g/mol. The zero-order valence-corrected chi connectivity index (χ0v) is 31.8. The second-order valence-electron chi connectivity index (χ2n) is 14.9. The Hall–Kier alpha value is -7.68. The van der Waals surface area contributed by atoms with Gasteiger partial charge in [-0.2, -0.15) is 0 Å². The first-order valence-corrected chi connectivity index (χ1v) is 19.9. The molecule has 10 aromatic carbocycles. The van der Waals surface area contributed by atoms with Crippen molar-refractivity contribution in [3.63, 3.8) is 0 Å². The highest BCUT2D eigenvalue weighted by molar-refractivity contribution is 6.10. The molecule has 272 valence electrons. The number of anilines is 3. The molecule has 11 rings (SSSR count). The fraction of sp³-hybridized carbons (Fsp3) is 0. The Kier molecular flexibility index (Phi) is 8.19. The van der Waals surface area contributed by atoms with Crippen LogP contribution in [0.4, 0.5) is 17.1 Å². The van der Waals surface area contributed by atoms with E-state index in [1.54, 1.807) is 0 Å². The molecule has 0 saturated carbocycles. The van der Waals surface area contributed by atoms with Crippen molar-refractivity contribution in [2.24, 2.45) is 0 Å². The van der Waals surface area contributed by atoms with Crippen LogP contribution in [0.25, 0.3) is 82.4 Å². The molecule has 1 aromatic heterocycles. The molecule has 0 radical (unpaired) electrons. The van der Waals surface area contributed by atoms with Gasteiger partial charge in [-0.15, -0.1) is 0 Å². The number of hydrogen-bond donors (Lipinski definition) is 0. The van der Waals surface area contributed by atoms with Crippen molar-refractivity contribution in [2.75, 3.05) is 4.90 Å². The minimum Gasteiger partial charge on any atom is -0.309 e. The predicted molar refractivity (Wildman–Crippen MR) is 247 cm³/mol. The van der Waals surface area contributed by atoms with E-state index in [-0.39, 0.29) is 0 Å². The van der Waals surface area contributed by atoms with Gasteiger partial charge in [-0.25, -0.2) is 0 Å². The third kappa shape index (κ3) is 5.66. The van der Waals surface area contributed by atoms with Crippen LogP contribution in [0, 0.1) is 0 Å². The highest BCUT2D eigenvalue weighted by Gasteiger charge is 2.20. The van der Waals surface area contributed by atoms with Gasteiger partial charge in [0, 0.05) is 32.8 Å². The van der Waals surface area contributed by atoms with Gasteiger partial charge in [0.1, 0.15) is 0 Å². The summed E-state index contributed by atoms with van der Waals surface area (Å²) in [4.78, 5) is 2.43. The van der Waals surface area contributed by atoms with E-state index in [0.717, 1.165) is 17.1 Å². The van der Waals surface area contributed by atoms with Gasteiger partial charge < -0.3 is 9.47 Å². The van der Waals surface area contributed by atoms with Gasteiger partial charge in [0.05, 0.1) is 28.1 Å². The van der Waals surface area contributed by atoms with Crippen LogP contribution in [0.5, 0.6) is 0 Å². The van der Waals surface area contributed by atoms with E-state index < -0.39 is 0 Å². The number of nitrogens with zero attached hydrogens (tertiary/aromatic N) is 2. The van der Waals surface area contributed by atoms with Crippen LogP contribution in [0.3, 0.4) is 0 Å². The molecule has 0 spiro atoms. The third-order valence-electron chi connectivity index (χ3n) is 11.6. The number of aromatic nitrogens is 1. The molecule has 0 saturated heterocycles. The summed E-state index contributed by atoms with van der Waals surface area (Å²) in [5.41, 5.74) is 14.2. The molecule has 1 heterocycles. The second kappa shape index (κ2) is 14.1. The number of benzene rings is 10. The Bertz CT molecular complexity index is 3210. The SMILES string of the molecule is c1ccc(-c2ccc(N(c3ccc(-c4ccc(-c5ccccc5-n5c6ccccc6c6ccccc65)cc4)cc3)c3cccc4ccccc34)c3ccccc23)cc1. The maximum absolute atomic E-state index is 2.43. The van der Waals surface area contributed by atoms with E-state index >= 15 is 0 Å². The molecule has 0 unspecified atom stereocenters. The quantitative estimate of drug-likeness (QED) is 0.158. The van der Waals surface area contributed by atoms with Crippen LogP contribution in [0.1, 0.15) is 0 Å². The van der Waals surface area contributed by atoms with E-state index in [1.165, 1.54) is 82.4 Å². The van der Waals surface area contributed by atoms with Crippen LogP contribution >= 0.6 is 0 Å². The Morgan fingerprint density at radius 1 is 0.276 bits per heavy atom. The summed E-state index contributed by atoms with van der Waals surface area (Å²) in [6, 6.07) is 83.6. The third-order valence-corrected chi connectivity index (χ3v) is 11.6. The largest absolute Gasteiger partial charge is 0.309 e. The molecule has 0 fully saturated rings. The lowest BCUT2D eigenvalue weighted by Gasteiger charge is -2.29. The van der Waals surface area contributed by atoms with E-state index in [9.17, 15) is 0 Å². The van der Waals surface area contributed by atoms with E-state index in [0.29, 0.717) is 0 Å². The molecule has 0 N–H and O–H groups in total. The maximum Gasteiger partial charge on any atom is 0.0541 e. The van der Waals surface area contributed by atoms with E-state index in [2.05, 4.69) is 240 Å². The van der Waals surface area contributed by atoms with Crippen molar-refractivity contribution in [1.29, 1.82) is 0 Å². The van der Waals surface area contributed by atoms with Gasteiger partial charge >= 0.3 is 0 Å². The summed E-state index contributed by atoms with van der Waals surface area (Å²) in [5, 5.41) is 7.39. The highest BCUT2D eigenvalue weighted by Crippen LogP contribution is 2.45. The molecule has 2 nitrogen and oxygen atoms in total. The molecule has 2 heteroatoms. The topological polar surface area (TPSA) is 8.17 Å². The highest BCUT2D eigenvalue weighted by atomic mass is 15.1. The summed E-state index contributed by atoms with van der Waals surface area (Å²) < 4.78 is 2.41. The summed E-state index contributed by atoms with van der Waals surface area (Å²) in [6.07, 6.45) is 0. The summed E-state index contributed by atoms with van der Waals surface area (Å²) in [7, 11) is 0. The van der Waals surface area contributed by atoms with Crippen molar-refractivity contribution < 1.29 is 0 Å². The minimum absolute atomic E-state index is 1.11. The molecule has 0 aliphatic carbocycles. The maximum atomic E-state index is 2.43. The molecule has 0 amide bonds. The van der Waals surface area contributed by atoms with E-state index in [4.69, 9.17) is 0 Å². The normalized spacial score (nSPS) is 11.4. The van der Waals surface area contributed by atoms with Gasteiger partial charge in [0.15, 0.2) is 0 Å². The minimum atomic E-state index is 1.11. The molecule has 0 aliphatic rings. The summed E-state index contributed by atoms with van der Waals surface area (Å²) in [6.45, 7) is 0. The first kappa shape index (κ1) is 33.6. The first-order chi connectivity index (χ1) is 28.8. The number of para-hydroxylation sites is 3. The first-order valence-electron chi connectivity index (χ1n) is 19.9. The molecule has 0 atom stereocenters. The Balaban J connectivity index is 0.992. The lowest BCUT2D eigenvalue weighted by molar-refractivity contribution is 1.18. The van der Waals surface area contributed by atoms with Crippen LogP contribution in [-0.4, -0.2) is 4.57 Å². The van der Waals surface area contributed by atoms with Crippen molar-refractivity contribution >= 4 is 60.4 Å². The molecule has 11 aromatic rings. The molecule has 0 aliphatic heterocycles. The Morgan fingerprint density at radius 2 is 0.776 bits per heavy atom. The van der Waals surface area contributed by atoms with Crippen molar-refractivity contribution in [3.05, 3.63) is 231 Å². The average molecular weight is 739 g/mol. The summed E-state index contributed by atoms with van der Waals surface area (Å²) in [5.74, 6) is 0. The van der Waals surface area contributed by atoms with Crippen LogP contribution < -0.4 is 4.90 Å². The Morgan fingerprint density at radius 3 is 1.50 bits per heavy atom.